The van der Waals surface area contributed by atoms with Crippen molar-refractivity contribution in [1.82, 2.24) is 14.8 Å². The second-order valence-corrected chi connectivity index (χ2v) is 5.31. The number of ether oxygens (including phenoxy) is 1. The first-order valence-corrected chi connectivity index (χ1v) is 7.52. The van der Waals surface area contributed by atoms with Crippen LogP contribution < -0.4 is 4.74 Å². The van der Waals surface area contributed by atoms with Gasteiger partial charge in [-0.1, -0.05) is 0 Å². The Morgan fingerprint density at radius 1 is 1.29 bits per heavy atom. The zero-order valence-electron chi connectivity index (χ0n) is 11.3. The highest BCUT2D eigenvalue weighted by atomic mass is 32.1. The van der Waals surface area contributed by atoms with E-state index in [1.165, 1.54) is 0 Å². The number of thiazole rings is 1. The summed E-state index contributed by atoms with van der Waals surface area (Å²) in [6.45, 7) is 0.653. The molecule has 0 radical (unpaired) electrons. The Morgan fingerprint density at radius 2 is 2.14 bits per heavy atom. The molecule has 0 spiro atoms. The summed E-state index contributed by atoms with van der Waals surface area (Å²) >= 11 is 1.57. The minimum absolute atomic E-state index is 0.232. The van der Waals surface area contributed by atoms with Crippen molar-refractivity contribution in [2.45, 2.75) is 12.6 Å². The molecule has 108 valence electrons. The van der Waals surface area contributed by atoms with Gasteiger partial charge in [-0.15, -0.1) is 11.3 Å². The van der Waals surface area contributed by atoms with Crippen LogP contribution in [0.1, 0.15) is 0 Å². The lowest BCUT2D eigenvalue weighted by Gasteiger charge is -2.12. The van der Waals surface area contributed by atoms with Crippen molar-refractivity contribution in [3.8, 4) is 17.0 Å². The summed E-state index contributed by atoms with van der Waals surface area (Å²) in [5.41, 5.74) is 3.83. The standard InChI is InChI=1S/C15H15N3O2S/c19-13(8-18-7-1-6-17-18)9-20-14-4-2-12(3-5-14)15-10-21-11-16-15/h1-7,10-11,13,19H,8-9H2. The molecule has 1 unspecified atom stereocenters. The zero-order valence-corrected chi connectivity index (χ0v) is 12.1. The Bertz CT molecular complexity index is 651. The van der Waals surface area contributed by atoms with E-state index in [2.05, 4.69) is 10.1 Å². The van der Waals surface area contributed by atoms with E-state index < -0.39 is 6.10 Å². The Balaban J connectivity index is 1.53. The van der Waals surface area contributed by atoms with Crippen molar-refractivity contribution in [2.75, 3.05) is 6.61 Å². The number of rotatable bonds is 6. The highest BCUT2D eigenvalue weighted by Gasteiger charge is 2.07. The van der Waals surface area contributed by atoms with E-state index in [9.17, 15) is 5.11 Å². The average molecular weight is 301 g/mol. The van der Waals surface area contributed by atoms with Gasteiger partial charge < -0.3 is 9.84 Å². The van der Waals surface area contributed by atoms with Gasteiger partial charge in [0.15, 0.2) is 0 Å². The van der Waals surface area contributed by atoms with E-state index in [1.807, 2.05) is 47.4 Å². The molecule has 0 aliphatic heterocycles. The van der Waals surface area contributed by atoms with Gasteiger partial charge in [0.25, 0.3) is 0 Å². The first kappa shape index (κ1) is 13.8. The molecule has 0 saturated heterocycles. The topological polar surface area (TPSA) is 60.2 Å². The number of hydrogen-bond donors (Lipinski definition) is 1. The quantitative estimate of drug-likeness (QED) is 0.759. The Morgan fingerprint density at radius 3 is 2.81 bits per heavy atom. The fourth-order valence-corrected chi connectivity index (χ4v) is 2.51. The molecule has 1 aromatic carbocycles. The number of hydrogen-bond acceptors (Lipinski definition) is 5. The number of aromatic nitrogens is 3. The predicted molar refractivity (Wildman–Crippen MR) is 81.3 cm³/mol. The second-order valence-electron chi connectivity index (χ2n) is 4.59. The third-order valence-corrected chi connectivity index (χ3v) is 3.57. The van der Waals surface area contributed by atoms with Crippen LogP contribution in [0.5, 0.6) is 5.75 Å². The first-order chi connectivity index (χ1) is 10.3. The van der Waals surface area contributed by atoms with Crippen LogP contribution in [0.15, 0.2) is 53.6 Å². The molecule has 3 aromatic rings. The fourth-order valence-electron chi connectivity index (χ4n) is 1.95. The van der Waals surface area contributed by atoms with Gasteiger partial charge in [0.05, 0.1) is 17.7 Å². The third-order valence-electron chi connectivity index (χ3n) is 2.98. The minimum atomic E-state index is -0.594. The molecule has 1 N–H and O–H groups in total. The summed E-state index contributed by atoms with van der Waals surface area (Å²) < 4.78 is 7.26. The van der Waals surface area contributed by atoms with E-state index in [0.29, 0.717) is 6.54 Å². The summed E-state index contributed by atoms with van der Waals surface area (Å²) in [6.07, 6.45) is 2.90. The molecule has 0 saturated carbocycles. The van der Waals surface area contributed by atoms with Crippen LogP contribution in [-0.4, -0.2) is 32.6 Å². The number of aliphatic hydroxyl groups is 1. The van der Waals surface area contributed by atoms with Gasteiger partial charge in [0.1, 0.15) is 18.5 Å². The summed E-state index contributed by atoms with van der Waals surface area (Å²) in [6, 6.07) is 9.52. The lowest BCUT2D eigenvalue weighted by atomic mass is 10.2. The lowest BCUT2D eigenvalue weighted by Crippen LogP contribution is -2.23. The molecule has 0 bridgehead atoms. The van der Waals surface area contributed by atoms with Crippen molar-refractivity contribution in [2.24, 2.45) is 0 Å². The molecule has 5 nitrogen and oxygen atoms in total. The molecule has 6 heteroatoms. The van der Waals surface area contributed by atoms with Gasteiger partial charge in [-0.3, -0.25) is 4.68 Å². The summed E-state index contributed by atoms with van der Waals surface area (Å²) in [5.74, 6) is 0.730. The summed E-state index contributed by atoms with van der Waals surface area (Å²) in [4.78, 5) is 4.26. The molecule has 1 atom stereocenters. The van der Waals surface area contributed by atoms with E-state index in [0.717, 1.165) is 17.0 Å². The van der Waals surface area contributed by atoms with Gasteiger partial charge in [-0.2, -0.15) is 5.10 Å². The number of nitrogens with zero attached hydrogens (tertiary/aromatic N) is 3. The second kappa shape index (κ2) is 6.51. The highest BCUT2D eigenvalue weighted by Crippen LogP contribution is 2.22. The maximum Gasteiger partial charge on any atom is 0.119 e. The van der Waals surface area contributed by atoms with Crippen molar-refractivity contribution >= 4 is 11.3 Å². The largest absolute Gasteiger partial charge is 0.491 e. The molecule has 2 aromatic heterocycles. The average Bonchev–Trinajstić information content (AvgIpc) is 3.19. The van der Waals surface area contributed by atoms with E-state index in [1.54, 1.807) is 22.2 Å². The van der Waals surface area contributed by atoms with Gasteiger partial charge in [0, 0.05) is 23.3 Å². The SMILES string of the molecule is OC(COc1ccc(-c2cscn2)cc1)Cn1cccn1. The van der Waals surface area contributed by atoms with Crippen molar-refractivity contribution < 1.29 is 9.84 Å². The van der Waals surface area contributed by atoms with Gasteiger partial charge in [-0.25, -0.2) is 4.98 Å². The summed E-state index contributed by atoms with van der Waals surface area (Å²) in [5, 5.41) is 15.9. The monoisotopic (exact) mass is 301 g/mol. The maximum absolute atomic E-state index is 9.89. The maximum atomic E-state index is 9.89. The smallest absolute Gasteiger partial charge is 0.119 e. The fraction of sp³-hybridized carbons (Fsp3) is 0.200. The first-order valence-electron chi connectivity index (χ1n) is 6.58. The normalized spacial score (nSPS) is 12.2. The van der Waals surface area contributed by atoms with Crippen LogP contribution in [-0.2, 0) is 6.54 Å². The third kappa shape index (κ3) is 3.68. The zero-order chi connectivity index (χ0) is 14.5. The van der Waals surface area contributed by atoms with Crippen LogP contribution in [0, 0.1) is 0 Å². The predicted octanol–water partition coefficient (Wildman–Crippen LogP) is 2.45. The van der Waals surface area contributed by atoms with Crippen molar-refractivity contribution in [3.63, 3.8) is 0 Å². The van der Waals surface area contributed by atoms with E-state index in [-0.39, 0.29) is 6.61 Å². The summed E-state index contributed by atoms with van der Waals surface area (Å²) in [7, 11) is 0. The van der Waals surface area contributed by atoms with Crippen LogP contribution in [0.25, 0.3) is 11.3 Å². The van der Waals surface area contributed by atoms with E-state index >= 15 is 0 Å². The highest BCUT2D eigenvalue weighted by molar-refractivity contribution is 7.07. The molecule has 0 fully saturated rings. The Labute approximate surface area is 126 Å². The van der Waals surface area contributed by atoms with Crippen LogP contribution in [0.4, 0.5) is 0 Å². The minimum Gasteiger partial charge on any atom is -0.491 e. The van der Waals surface area contributed by atoms with Crippen molar-refractivity contribution in [3.05, 3.63) is 53.6 Å². The van der Waals surface area contributed by atoms with Crippen LogP contribution >= 0.6 is 11.3 Å². The molecule has 0 aliphatic rings. The molecular formula is C15H15N3O2S. The molecular weight excluding hydrogens is 286 g/mol. The molecule has 3 rings (SSSR count). The van der Waals surface area contributed by atoms with Gasteiger partial charge >= 0.3 is 0 Å². The van der Waals surface area contributed by atoms with E-state index in [4.69, 9.17) is 4.74 Å². The number of benzene rings is 1. The molecule has 2 heterocycles. The number of aliphatic hydroxyl groups excluding tert-OH is 1. The molecule has 0 amide bonds. The van der Waals surface area contributed by atoms with Gasteiger partial charge in [-0.05, 0) is 30.3 Å². The van der Waals surface area contributed by atoms with Gasteiger partial charge in [0.2, 0.25) is 0 Å². The van der Waals surface area contributed by atoms with Crippen LogP contribution in [0.3, 0.4) is 0 Å². The Kier molecular flexibility index (Phi) is 4.28. The molecule has 0 aliphatic carbocycles. The van der Waals surface area contributed by atoms with Crippen LogP contribution in [0.2, 0.25) is 0 Å². The Hall–Kier alpha value is -2.18. The van der Waals surface area contributed by atoms with Crippen molar-refractivity contribution in [1.29, 1.82) is 0 Å². The molecule has 21 heavy (non-hydrogen) atoms. The lowest BCUT2D eigenvalue weighted by molar-refractivity contribution is 0.0893.